The molecule has 5 heteroatoms. The van der Waals surface area contributed by atoms with Crippen LogP contribution in [0.3, 0.4) is 0 Å². The van der Waals surface area contributed by atoms with Crippen molar-refractivity contribution >= 4 is 18.0 Å². The Morgan fingerprint density at radius 1 is 1.26 bits per heavy atom. The molecule has 0 heterocycles. The van der Waals surface area contributed by atoms with E-state index >= 15 is 0 Å². The first kappa shape index (κ1) is 14.9. The van der Waals surface area contributed by atoms with Gasteiger partial charge >= 0.3 is 5.97 Å². The average Bonchev–Trinajstić information content (AvgIpc) is 2.36. The van der Waals surface area contributed by atoms with Crippen LogP contribution in [0.25, 0.3) is 6.08 Å². The molecule has 0 aliphatic carbocycles. The maximum atomic E-state index is 12.7. The summed E-state index contributed by atoms with van der Waals surface area (Å²) in [5.74, 6) is -1.30. The topological polar surface area (TPSA) is 55.4 Å². The lowest BCUT2D eigenvalue weighted by atomic mass is 10.1. The molecule has 1 rings (SSSR count). The van der Waals surface area contributed by atoms with Crippen LogP contribution >= 0.6 is 0 Å². The lowest BCUT2D eigenvalue weighted by Crippen LogP contribution is -2.49. The maximum Gasteiger partial charge on any atom is 0.330 e. The molecule has 1 N–H and O–H groups in total. The summed E-state index contributed by atoms with van der Waals surface area (Å²) < 4.78 is 17.3. The number of rotatable bonds is 4. The van der Waals surface area contributed by atoms with Crippen molar-refractivity contribution in [3.8, 4) is 0 Å². The van der Waals surface area contributed by atoms with Crippen molar-refractivity contribution in [2.24, 2.45) is 0 Å². The van der Waals surface area contributed by atoms with Gasteiger partial charge in [0.1, 0.15) is 11.4 Å². The smallest absolute Gasteiger partial charge is 0.330 e. The average molecular weight is 265 g/mol. The Labute approximate surface area is 111 Å². The Morgan fingerprint density at radius 2 is 1.84 bits per heavy atom. The standard InChI is InChI=1S/C14H16FNO3/c1-14(2,13(18)19-3)16-12(17)9-6-10-4-7-11(15)8-5-10/h4-9H,1-3H3,(H,16,17)/b9-6+. The van der Waals surface area contributed by atoms with Gasteiger partial charge in [0.15, 0.2) is 0 Å². The highest BCUT2D eigenvalue weighted by atomic mass is 19.1. The van der Waals surface area contributed by atoms with Gasteiger partial charge in [0.05, 0.1) is 7.11 Å². The highest BCUT2D eigenvalue weighted by Crippen LogP contribution is 2.06. The normalized spacial score (nSPS) is 11.4. The molecule has 4 nitrogen and oxygen atoms in total. The van der Waals surface area contributed by atoms with E-state index in [0.717, 1.165) is 0 Å². The molecule has 1 aromatic rings. The van der Waals surface area contributed by atoms with Crippen molar-refractivity contribution < 1.29 is 18.7 Å². The van der Waals surface area contributed by atoms with E-state index in [2.05, 4.69) is 10.1 Å². The van der Waals surface area contributed by atoms with E-state index in [1.807, 2.05) is 0 Å². The second-order valence-electron chi connectivity index (χ2n) is 4.49. The van der Waals surface area contributed by atoms with Crippen LogP contribution < -0.4 is 5.32 Å². The number of carbonyl (C=O) groups excluding carboxylic acids is 2. The van der Waals surface area contributed by atoms with Gasteiger partial charge in [-0.2, -0.15) is 0 Å². The fraction of sp³-hybridized carbons (Fsp3) is 0.286. The van der Waals surface area contributed by atoms with E-state index in [9.17, 15) is 14.0 Å². The molecule has 19 heavy (non-hydrogen) atoms. The lowest BCUT2D eigenvalue weighted by Gasteiger charge is -2.22. The quantitative estimate of drug-likeness (QED) is 0.668. The second-order valence-corrected chi connectivity index (χ2v) is 4.49. The van der Waals surface area contributed by atoms with Crippen LogP contribution in [0.5, 0.6) is 0 Å². The first-order chi connectivity index (χ1) is 8.85. The van der Waals surface area contributed by atoms with Crippen LogP contribution in [0.2, 0.25) is 0 Å². The van der Waals surface area contributed by atoms with E-state index in [0.29, 0.717) is 5.56 Å². The number of ether oxygens (including phenoxy) is 1. The predicted octanol–water partition coefficient (Wildman–Crippen LogP) is 1.91. The number of hydrogen-bond acceptors (Lipinski definition) is 3. The van der Waals surface area contributed by atoms with Gasteiger partial charge in [-0.25, -0.2) is 9.18 Å². The fourth-order valence-electron chi connectivity index (χ4n) is 1.40. The monoisotopic (exact) mass is 265 g/mol. The SMILES string of the molecule is COC(=O)C(C)(C)NC(=O)/C=C/c1ccc(F)cc1. The molecular weight excluding hydrogens is 249 g/mol. The van der Waals surface area contributed by atoms with Crippen molar-refractivity contribution in [1.82, 2.24) is 5.32 Å². The first-order valence-corrected chi connectivity index (χ1v) is 5.69. The summed E-state index contributed by atoms with van der Waals surface area (Å²) in [4.78, 5) is 23.0. The number of amides is 1. The van der Waals surface area contributed by atoms with Gasteiger partial charge < -0.3 is 10.1 Å². The molecule has 0 radical (unpaired) electrons. The Hall–Kier alpha value is -2.17. The number of carbonyl (C=O) groups is 2. The molecule has 0 aliphatic heterocycles. The summed E-state index contributed by atoms with van der Waals surface area (Å²) in [6.07, 6.45) is 2.81. The fourth-order valence-corrected chi connectivity index (χ4v) is 1.40. The van der Waals surface area contributed by atoms with Crippen LogP contribution in [0, 0.1) is 5.82 Å². The molecule has 0 saturated carbocycles. The lowest BCUT2D eigenvalue weighted by molar-refractivity contribution is -0.148. The van der Waals surface area contributed by atoms with Gasteiger partial charge in [-0.15, -0.1) is 0 Å². The van der Waals surface area contributed by atoms with Crippen LogP contribution in [0.1, 0.15) is 19.4 Å². The Kier molecular flexibility index (Phi) is 4.80. The third kappa shape index (κ3) is 4.54. The molecule has 1 aromatic carbocycles. The highest BCUT2D eigenvalue weighted by molar-refractivity contribution is 5.95. The molecular formula is C14H16FNO3. The summed E-state index contributed by atoms with van der Waals surface area (Å²) >= 11 is 0. The number of hydrogen-bond donors (Lipinski definition) is 1. The molecule has 0 atom stereocenters. The summed E-state index contributed by atoms with van der Waals surface area (Å²) in [6, 6.07) is 5.70. The summed E-state index contributed by atoms with van der Waals surface area (Å²) in [5.41, 5.74) is -0.411. The highest BCUT2D eigenvalue weighted by Gasteiger charge is 2.29. The third-order valence-electron chi connectivity index (χ3n) is 2.43. The minimum Gasteiger partial charge on any atom is -0.467 e. The molecule has 0 aromatic heterocycles. The molecule has 0 bridgehead atoms. The van der Waals surface area contributed by atoms with Crippen LogP contribution in [0.15, 0.2) is 30.3 Å². The Morgan fingerprint density at radius 3 is 2.37 bits per heavy atom. The van der Waals surface area contributed by atoms with Crippen molar-refractivity contribution in [3.63, 3.8) is 0 Å². The third-order valence-corrected chi connectivity index (χ3v) is 2.43. The van der Waals surface area contributed by atoms with E-state index in [1.165, 1.54) is 31.4 Å². The zero-order valence-electron chi connectivity index (χ0n) is 11.1. The van der Waals surface area contributed by atoms with Gasteiger partial charge in [0, 0.05) is 6.08 Å². The predicted molar refractivity (Wildman–Crippen MR) is 69.7 cm³/mol. The van der Waals surface area contributed by atoms with E-state index in [4.69, 9.17) is 0 Å². The molecule has 0 saturated heterocycles. The van der Waals surface area contributed by atoms with Gasteiger partial charge in [-0.1, -0.05) is 12.1 Å². The van der Waals surface area contributed by atoms with Crippen LogP contribution in [-0.2, 0) is 14.3 Å². The Bertz CT molecular complexity index is 492. The van der Waals surface area contributed by atoms with Gasteiger partial charge in [0.2, 0.25) is 5.91 Å². The number of benzene rings is 1. The number of methoxy groups -OCH3 is 1. The van der Waals surface area contributed by atoms with Gasteiger partial charge in [-0.3, -0.25) is 4.79 Å². The van der Waals surface area contributed by atoms with E-state index in [1.54, 1.807) is 26.0 Å². The summed E-state index contributed by atoms with van der Waals surface area (Å²) in [7, 11) is 1.25. The Balaban J connectivity index is 2.65. The van der Waals surface area contributed by atoms with Gasteiger partial charge in [-0.05, 0) is 37.6 Å². The molecule has 102 valence electrons. The van der Waals surface area contributed by atoms with Crippen molar-refractivity contribution in [2.75, 3.05) is 7.11 Å². The first-order valence-electron chi connectivity index (χ1n) is 5.69. The number of halogens is 1. The second kappa shape index (κ2) is 6.13. The summed E-state index contributed by atoms with van der Waals surface area (Å²) in [5, 5.41) is 2.51. The molecule has 0 unspecified atom stereocenters. The largest absolute Gasteiger partial charge is 0.467 e. The minimum absolute atomic E-state index is 0.339. The molecule has 0 spiro atoms. The molecule has 0 fully saturated rings. The van der Waals surface area contributed by atoms with Crippen LogP contribution in [-0.4, -0.2) is 24.5 Å². The number of esters is 1. The molecule has 0 aliphatic rings. The maximum absolute atomic E-state index is 12.7. The summed E-state index contributed by atoms with van der Waals surface area (Å²) in [6.45, 7) is 3.09. The minimum atomic E-state index is -1.10. The van der Waals surface area contributed by atoms with E-state index in [-0.39, 0.29) is 5.82 Å². The molecule has 1 amide bonds. The van der Waals surface area contributed by atoms with Crippen LogP contribution in [0.4, 0.5) is 4.39 Å². The van der Waals surface area contributed by atoms with Gasteiger partial charge in [0.25, 0.3) is 0 Å². The van der Waals surface area contributed by atoms with Crippen molar-refractivity contribution in [2.45, 2.75) is 19.4 Å². The zero-order valence-corrected chi connectivity index (χ0v) is 11.1. The van der Waals surface area contributed by atoms with Crippen molar-refractivity contribution in [1.29, 1.82) is 0 Å². The zero-order chi connectivity index (χ0) is 14.5. The van der Waals surface area contributed by atoms with Crippen molar-refractivity contribution in [3.05, 3.63) is 41.7 Å². The number of nitrogens with one attached hydrogen (secondary N) is 1. The van der Waals surface area contributed by atoms with E-state index < -0.39 is 17.4 Å².